The Balaban J connectivity index is 2.33. The molecule has 2 unspecified atom stereocenters. The van der Waals surface area contributed by atoms with Gasteiger partial charge in [-0.25, -0.2) is 0 Å². The summed E-state index contributed by atoms with van der Waals surface area (Å²) in [7, 11) is 4.08. The van der Waals surface area contributed by atoms with Crippen molar-refractivity contribution < 1.29 is 0 Å². The minimum atomic E-state index is 0.652. The summed E-state index contributed by atoms with van der Waals surface area (Å²) in [4.78, 5) is 9.22. The van der Waals surface area contributed by atoms with E-state index in [1.165, 1.54) is 19.3 Å². The highest BCUT2D eigenvalue weighted by molar-refractivity contribution is 5.79. The molecular weight excluding hydrogens is 236 g/mol. The molecule has 1 aliphatic rings. The van der Waals surface area contributed by atoms with E-state index in [4.69, 9.17) is 0 Å². The number of likely N-dealkylation sites (tertiary alicyclic amines) is 1. The van der Waals surface area contributed by atoms with Crippen molar-refractivity contribution in [2.75, 3.05) is 40.3 Å². The van der Waals surface area contributed by atoms with E-state index >= 15 is 0 Å². The van der Waals surface area contributed by atoms with Gasteiger partial charge in [-0.15, -0.1) is 0 Å². The molecule has 0 amide bonds. The van der Waals surface area contributed by atoms with E-state index in [1.807, 2.05) is 7.05 Å². The van der Waals surface area contributed by atoms with E-state index < -0.39 is 0 Å². The minimum absolute atomic E-state index is 0.652. The van der Waals surface area contributed by atoms with E-state index in [9.17, 15) is 0 Å². The quantitative estimate of drug-likeness (QED) is 0.611. The molecule has 4 nitrogen and oxygen atoms in total. The van der Waals surface area contributed by atoms with E-state index in [0.717, 1.165) is 38.1 Å². The molecule has 0 spiro atoms. The Kier molecular flexibility index (Phi) is 7.21. The minimum Gasteiger partial charge on any atom is -0.355 e. The molecule has 0 radical (unpaired) electrons. The van der Waals surface area contributed by atoms with Crippen molar-refractivity contribution in [2.45, 2.75) is 46.1 Å². The van der Waals surface area contributed by atoms with Crippen LogP contribution in [0.1, 0.15) is 40.0 Å². The van der Waals surface area contributed by atoms with Crippen molar-refractivity contribution in [2.24, 2.45) is 10.9 Å². The zero-order chi connectivity index (χ0) is 14.3. The van der Waals surface area contributed by atoms with Crippen LogP contribution in [0.3, 0.4) is 0 Å². The first-order chi connectivity index (χ1) is 9.08. The van der Waals surface area contributed by atoms with Crippen LogP contribution in [0.5, 0.6) is 0 Å². The van der Waals surface area contributed by atoms with Crippen molar-refractivity contribution in [3.63, 3.8) is 0 Å². The fourth-order valence-electron chi connectivity index (χ4n) is 2.59. The van der Waals surface area contributed by atoms with E-state index in [-0.39, 0.29) is 0 Å². The van der Waals surface area contributed by atoms with Gasteiger partial charge in [0.25, 0.3) is 0 Å². The molecule has 0 bridgehead atoms. The molecule has 112 valence electrons. The normalized spacial score (nSPS) is 22.7. The van der Waals surface area contributed by atoms with Gasteiger partial charge in [0.15, 0.2) is 5.96 Å². The van der Waals surface area contributed by atoms with Gasteiger partial charge in [0, 0.05) is 39.3 Å². The Bertz CT molecular complexity index is 277. The monoisotopic (exact) mass is 268 g/mol. The van der Waals surface area contributed by atoms with E-state index in [2.05, 4.69) is 47.9 Å². The third kappa shape index (κ3) is 5.39. The fourth-order valence-corrected chi connectivity index (χ4v) is 2.59. The Hall–Kier alpha value is -0.770. The Morgan fingerprint density at radius 1 is 1.53 bits per heavy atom. The summed E-state index contributed by atoms with van der Waals surface area (Å²) in [6, 6.07) is 0.652. The number of rotatable bonds is 5. The second-order valence-corrected chi connectivity index (χ2v) is 5.91. The summed E-state index contributed by atoms with van der Waals surface area (Å²) in [6.45, 7) is 11.2. The highest BCUT2D eigenvalue weighted by Gasteiger charge is 2.19. The van der Waals surface area contributed by atoms with Gasteiger partial charge in [-0.3, -0.25) is 4.99 Å². The highest BCUT2D eigenvalue weighted by atomic mass is 15.3. The molecule has 1 aliphatic heterocycles. The molecule has 19 heavy (non-hydrogen) atoms. The maximum Gasteiger partial charge on any atom is 0.193 e. The molecule has 1 fully saturated rings. The van der Waals surface area contributed by atoms with Gasteiger partial charge in [0.05, 0.1) is 0 Å². The first-order valence-corrected chi connectivity index (χ1v) is 7.74. The number of aliphatic imine (C=N–C) groups is 1. The van der Waals surface area contributed by atoms with Gasteiger partial charge in [-0.05, 0) is 39.2 Å². The summed E-state index contributed by atoms with van der Waals surface area (Å²) < 4.78 is 0. The second kappa shape index (κ2) is 8.41. The predicted molar refractivity (Wildman–Crippen MR) is 83.7 cm³/mol. The second-order valence-electron chi connectivity index (χ2n) is 5.91. The van der Waals surface area contributed by atoms with Crippen molar-refractivity contribution in [1.29, 1.82) is 0 Å². The van der Waals surface area contributed by atoms with Crippen LogP contribution in [0.2, 0.25) is 0 Å². The largest absolute Gasteiger partial charge is 0.355 e. The third-order valence-corrected chi connectivity index (χ3v) is 4.26. The number of guanidine groups is 1. The lowest BCUT2D eigenvalue weighted by atomic mass is 10.0. The highest BCUT2D eigenvalue weighted by Crippen LogP contribution is 2.15. The number of nitrogens with one attached hydrogen (secondary N) is 1. The average Bonchev–Trinajstić information content (AvgIpc) is 2.42. The molecule has 0 aromatic heterocycles. The molecule has 0 saturated carbocycles. The Morgan fingerprint density at radius 3 is 2.84 bits per heavy atom. The summed E-state index contributed by atoms with van der Waals surface area (Å²) >= 11 is 0. The molecule has 1 N–H and O–H groups in total. The first kappa shape index (κ1) is 16.3. The van der Waals surface area contributed by atoms with Crippen LogP contribution in [-0.2, 0) is 0 Å². The van der Waals surface area contributed by atoms with Crippen LogP contribution in [0.4, 0.5) is 0 Å². The summed E-state index contributed by atoms with van der Waals surface area (Å²) in [5.41, 5.74) is 0. The number of piperidine rings is 1. The topological polar surface area (TPSA) is 30.9 Å². The molecule has 2 atom stereocenters. The Labute approximate surface area is 119 Å². The van der Waals surface area contributed by atoms with Crippen LogP contribution in [0.15, 0.2) is 4.99 Å². The van der Waals surface area contributed by atoms with Crippen LogP contribution in [0.25, 0.3) is 0 Å². The van der Waals surface area contributed by atoms with Crippen LogP contribution < -0.4 is 5.32 Å². The third-order valence-electron chi connectivity index (χ3n) is 4.26. The Morgan fingerprint density at radius 2 is 2.26 bits per heavy atom. The van der Waals surface area contributed by atoms with Crippen molar-refractivity contribution in [1.82, 2.24) is 15.1 Å². The average molecular weight is 268 g/mol. The number of nitrogens with zero attached hydrogens (tertiary/aromatic N) is 3. The molecular formula is C15H32N4. The molecule has 0 aliphatic carbocycles. The van der Waals surface area contributed by atoms with Gasteiger partial charge < -0.3 is 15.1 Å². The summed E-state index contributed by atoms with van der Waals surface area (Å²) in [5, 5.41) is 3.50. The molecule has 4 heteroatoms. The molecule has 1 rings (SSSR count). The smallest absolute Gasteiger partial charge is 0.193 e. The zero-order valence-corrected chi connectivity index (χ0v) is 13.4. The fraction of sp³-hybridized carbons (Fsp3) is 0.933. The lowest BCUT2D eigenvalue weighted by molar-refractivity contribution is 0.247. The summed E-state index contributed by atoms with van der Waals surface area (Å²) in [5.74, 6) is 1.86. The van der Waals surface area contributed by atoms with Gasteiger partial charge in [0.1, 0.15) is 0 Å². The number of hydrogen-bond donors (Lipinski definition) is 1. The van der Waals surface area contributed by atoms with Crippen LogP contribution >= 0.6 is 0 Å². The SMILES string of the molecule is CCC(C)N(C)CCNC(=NC)N1CCCC(C)C1. The van der Waals surface area contributed by atoms with Crippen LogP contribution in [-0.4, -0.2) is 62.1 Å². The first-order valence-electron chi connectivity index (χ1n) is 7.74. The van der Waals surface area contributed by atoms with Crippen molar-refractivity contribution >= 4 is 5.96 Å². The van der Waals surface area contributed by atoms with E-state index in [0.29, 0.717) is 6.04 Å². The van der Waals surface area contributed by atoms with E-state index in [1.54, 1.807) is 0 Å². The van der Waals surface area contributed by atoms with Gasteiger partial charge in [-0.1, -0.05) is 13.8 Å². The van der Waals surface area contributed by atoms with Crippen LogP contribution in [0, 0.1) is 5.92 Å². The molecule has 0 aromatic carbocycles. The maximum absolute atomic E-state index is 4.42. The van der Waals surface area contributed by atoms with Gasteiger partial charge in [0.2, 0.25) is 0 Å². The molecule has 0 aromatic rings. The zero-order valence-electron chi connectivity index (χ0n) is 13.4. The summed E-state index contributed by atoms with van der Waals surface area (Å²) in [6.07, 6.45) is 3.84. The van der Waals surface area contributed by atoms with Crippen molar-refractivity contribution in [3.05, 3.63) is 0 Å². The number of hydrogen-bond acceptors (Lipinski definition) is 2. The predicted octanol–water partition coefficient (Wildman–Crippen LogP) is 2.02. The van der Waals surface area contributed by atoms with Gasteiger partial charge in [-0.2, -0.15) is 0 Å². The lowest BCUT2D eigenvalue weighted by Crippen LogP contribution is -2.48. The number of likely N-dealkylation sites (N-methyl/N-ethyl adjacent to an activating group) is 1. The molecule has 1 saturated heterocycles. The lowest BCUT2D eigenvalue weighted by Gasteiger charge is -2.34. The molecule has 1 heterocycles. The van der Waals surface area contributed by atoms with Gasteiger partial charge >= 0.3 is 0 Å². The maximum atomic E-state index is 4.42. The van der Waals surface area contributed by atoms with Crippen molar-refractivity contribution in [3.8, 4) is 0 Å². The standard InChI is InChI=1S/C15H32N4/c1-6-14(3)18(5)11-9-17-15(16-4)19-10-7-8-13(2)12-19/h13-14H,6-12H2,1-5H3,(H,16,17).